The van der Waals surface area contributed by atoms with Crippen LogP contribution in [0.25, 0.3) is 10.9 Å². The third-order valence-electron chi connectivity index (χ3n) is 5.03. The summed E-state index contributed by atoms with van der Waals surface area (Å²) in [6.45, 7) is 0.381. The first kappa shape index (κ1) is 20.0. The number of piperazine rings is 1. The van der Waals surface area contributed by atoms with Gasteiger partial charge in [-0.05, 0) is 24.3 Å². The molecule has 1 saturated heterocycles. The van der Waals surface area contributed by atoms with Crippen LogP contribution in [0.4, 0.5) is 10.1 Å². The molecule has 0 saturated carbocycles. The van der Waals surface area contributed by atoms with Gasteiger partial charge in [-0.15, -0.1) is 0 Å². The molecule has 0 spiro atoms. The number of benzene rings is 2. The molecule has 0 bridgehead atoms. The first-order valence-corrected chi connectivity index (χ1v) is 10.5. The highest BCUT2D eigenvalue weighted by Crippen LogP contribution is 2.23. The van der Waals surface area contributed by atoms with Gasteiger partial charge in [0.2, 0.25) is 10.0 Å². The number of amides is 1. The molecule has 3 aromatic rings. The smallest absolute Gasteiger partial charge is 0.270 e. The van der Waals surface area contributed by atoms with Crippen molar-refractivity contribution in [1.82, 2.24) is 14.2 Å². The number of fused-ring (bicyclic) bond motifs is 1. The predicted molar refractivity (Wildman–Crippen MR) is 106 cm³/mol. The standard InChI is InChI=1S/C19H17FN4O5S/c20-16-5-2-6-17-15(16)12-18(21-17)19(25)22-7-9-23(10-8-22)30(28,29)14-4-1-3-13(11-14)24(26)27/h1-6,11-12,21H,7-10H2. The van der Waals surface area contributed by atoms with Crippen LogP contribution in [0.2, 0.25) is 0 Å². The number of nitro groups is 1. The first-order valence-electron chi connectivity index (χ1n) is 9.08. The Morgan fingerprint density at radius 2 is 1.77 bits per heavy atom. The molecule has 0 atom stereocenters. The summed E-state index contributed by atoms with van der Waals surface area (Å²) >= 11 is 0. The zero-order valence-corrected chi connectivity index (χ0v) is 16.4. The lowest BCUT2D eigenvalue weighted by atomic mass is 10.2. The van der Waals surface area contributed by atoms with Crippen molar-refractivity contribution in [3.63, 3.8) is 0 Å². The van der Waals surface area contributed by atoms with Crippen LogP contribution >= 0.6 is 0 Å². The van der Waals surface area contributed by atoms with E-state index >= 15 is 0 Å². The van der Waals surface area contributed by atoms with Crippen molar-refractivity contribution in [1.29, 1.82) is 0 Å². The summed E-state index contributed by atoms with van der Waals surface area (Å²) < 4.78 is 40.7. The van der Waals surface area contributed by atoms with E-state index in [1.165, 1.54) is 39.5 Å². The van der Waals surface area contributed by atoms with E-state index in [-0.39, 0.29) is 48.4 Å². The van der Waals surface area contributed by atoms with Crippen LogP contribution in [-0.2, 0) is 10.0 Å². The first-order chi connectivity index (χ1) is 14.3. The third-order valence-corrected chi connectivity index (χ3v) is 6.93. The SMILES string of the molecule is O=C(c1cc2c(F)cccc2[nH]1)N1CCN(S(=O)(=O)c2cccc([N+](=O)[O-])c2)CC1. The number of aromatic nitrogens is 1. The monoisotopic (exact) mass is 432 g/mol. The fraction of sp³-hybridized carbons (Fsp3) is 0.211. The van der Waals surface area contributed by atoms with Gasteiger partial charge in [0.25, 0.3) is 11.6 Å². The van der Waals surface area contributed by atoms with Crippen molar-refractivity contribution < 1.29 is 22.5 Å². The maximum Gasteiger partial charge on any atom is 0.270 e. The van der Waals surface area contributed by atoms with Crippen molar-refractivity contribution in [3.8, 4) is 0 Å². The summed E-state index contributed by atoms with van der Waals surface area (Å²) in [7, 11) is -3.92. The number of nitro benzene ring substituents is 1. The largest absolute Gasteiger partial charge is 0.350 e. The maximum atomic E-state index is 13.9. The van der Waals surface area contributed by atoms with Crippen LogP contribution in [0.3, 0.4) is 0 Å². The maximum absolute atomic E-state index is 13.9. The number of carbonyl (C=O) groups is 1. The van der Waals surface area contributed by atoms with E-state index in [4.69, 9.17) is 0 Å². The van der Waals surface area contributed by atoms with E-state index in [0.717, 1.165) is 6.07 Å². The Morgan fingerprint density at radius 1 is 1.07 bits per heavy atom. The van der Waals surface area contributed by atoms with Crippen molar-refractivity contribution >= 4 is 32.5 Å². The van der Waals surface area contributed by atoms with Crippen molar-refractivity contribution in [3.05, 3.63) is 70.2 Å². The number of aromatic amines is 1. The molecular weight excluding hydrogens is 415 g/mol. The van der Waals surface area contributed by atoms with E-state index in [1.807, 2.05) is 0 Å². The molecule has 0 radical (unpaired) electrons. The summed E-state index contributed by atoms with van der Waals surface area (Å²) in [5.74, 6) is -0.784. The molecule has 0 unspecified atom stereocenters. The summed E-state index contributed by atoms with van der Waals surface area (Å²) in [6, 6.07) is 10.8. The van der Waals surface area contributed by atoms with Crippen LogP contribution in [0.5, 0.6) is 0 Å². The van der Waals surface area contributed by atoms with Crippen LogP contribution in [0.1, 0.15) is 10.5 Å². The Morgan fingerprint density at radius 3 is 2.43 bits per heavy atom. The molecule has 2 heterocycles. The van der Waals surface area contributed by atoms with Gasteiger partial charge in [-0.1, -0.05) is 12.1 Å². The lowest BCUT2D eigenvalue weighted by Crippen LogP contribution is -2.50. The number of hydrogen-bond acceptors (Lipinski definition) is 5. The van der Waals surface area contributed by atoms with Gasteiger partial charge in [0, 0.05) is 49.2 Å². The molecule has 0 aliphatic carbocycles. The Balaban J connectivity index is 1.49. The van der Waals surface area contributed by atoms with Gasteiger partial charge in [0.05, 0.1) is 9.82 Å². The molecule has 1 aromatic heterocycles. The van der Waals surface area contributed by atoms with E-state index < -0.39 is 20.8 Å². The molecule has 1 aliphatic heterocycles. The van der Waals surface area contributed by atoms with E-state index in [9.17, 15) is 27.7 Å². The van der Waals surface area contributed by atoms with Crippen LogP contribution in [0, 0.1) is 15.9 Å². The summed E-state index contributed by atoms with van der Waals surface area (Å²) in [6.07, 6.45) is 0. The molecule has 4 rings (SSSR count). The van der Waals surface area contributed by atoms with Gasteiger partial charge in [-0.3, -0.25) is 14.9 Å². The highest BCUT2D eigenvalue weighted by atomic mass is 32.2. The van der Waals surface area contributed by atoms with Gasteiger partial charge in [0.1, 0.15) is 11.5 Å². The molecule has 1 N–H and O–H groups in total. The second-order valence-electron chi connectivity index (χ2n) is 6.83. The number of sulfonamides is 1. The van der Waals surface area contributed by atoms with Gasteiger partial charge in [-0.25, -0.2) is 12.8 Å². The Bertz CT molecular complexity index is 1250. The third kappa shape index (κ3) is 3.53. The minimum Gasteiger partial charge on any atom is -0.350 e. The molecule has 11 heteroatoms. The lowest BCUT2D eigenvalue weighted by molar-refractivity contribution is -0.385. The molecule has 1 amide bonds. The van der Waals surface area contributed by atoms with Crippen molar-refractivity contribution in [2.45, 2.75) is 4.90 Å². The van der Waals surface area contributed by atoms with Crippen molar-refractivity contribution in [2.24, 2.45) is 0 Å². The Kier molecular flexibility index (Phi) is 5.00. The highest BCUT2D eigenvalue weighted by molar-refractivity contribution is 7.89. The van der Waals surface area contributed by atoms with Crippen LogP contribution in [0.15, 0.2) is 53.4 Å². The molecule has 9 nitrogen and oxygen atoms in total. The number of carbonyl (C=O) groups excluding carboxylic acids is 1. The fourth-order valence-electron chi connectivity index (χ4n) is 3.44. The van der Waals surface area contributed by atoms with E-state index in [0.29, 0.717) is 10.9 Å². The molecule has 1 fully saturated rings. The zero-order valence-electron chi connectivity index (χ0n) is 15.6. The minimum absolute atomic E-state index is 0.0470. The second-order valence-corrected chi connectivity index (χ2v) is 8.77. The van der Waals surface area contributed by atoms with Gasteiger partial charge in [-0.2, -0.15) is 4.31 Å². The Labute approximate surface area is 170 Å². The van der Waals surface area contributed by atoms with E-state index in [2.05, 4.69) is 4.98 Å². The number of nitrogens with one attached hydrogen (secondary N) is 1. The summed E-state index contributed by atoms with van der Waals surface area (Å²) in [5, 5.41) is 11.2. The quantitative estimate of drug-likeness (QED) is 0.502. The topological polar surface area (TPSA) is 117 Å². The number of non-ortho nitro benzene ring substituents is 1. The van der Waals surface area contributed by atoms with Gasteiger partial charge >= 0.3 is 0 Å². The summed E-state index contributed by atoms with van der Waals surface area (Å²) in [5.41, 5.74) is 0.422. The average molecular weight is 432 g/mol. The van der Waals surface area contributed by atoms with Gasteiger partial charge in [0.15, 0.2) is 0 Å². The number of nitrogens with zero attached hydrogens (tertiary/aromatic N) is 3. The highest BCUT2D eigenvalue weighted by Gasteiger charge is 2.31. The predicted octanol–water partition coefficient (Wildman–Crippen LogP) is 2.36. The lowest BCUT2D eigenvalue weighted by Gasteiger charge is -2.33. The molecule has 156 valence electrons. The summed E-state index contributed by atoms with van der Waals surface area (Å²) in [4.78, 5) is 27.2. The number of rotatable bonds is 4. The molecular formula is C19H17FN4O5S. The minimum atomic E-state index is -3.92. The average Bonchev–Trinajstić information content (AvgIpc) is 3.19. The van der Waals surface area contributed by atoms with Crippen LogP contribution in [-0.4, -0.2) is 59.6 Å². The normalized spacial score (nSPS) is 15.4. The number of halogens is 1. The van der Waals surface area contributed by atoms with Crippen molar-refractivity contribution in [2.75, 3.05) is 26.2 Å². The zero-order chi connectivity index (χ0) is 21.5. The second kappa shape index (κ2) is 7.50. The number of H-pyrrole nitrogens is 1. The van der Waals surface area contributed by atoms with E-state index in [1.54, 1.807) is 12.1 Å². The Hall–Kier alpha value is -3.31. The fourth-order valence-corrected chi connectivity index (χ4v) is 4.90. The molecule has 1 aliphatic rings. The molecule has 30 heavy (non-hydrogen) atoms. The van der Waals surface area contributed by atoms with Crippen LogP contribution < -0.4 is 0 Å². The van der Waals surface area contributed by atoms with Gasteiger partial charge < -0.3 is 9.88 Å². The number of hydrogen-bond donors (Lipinski definition) is 1. The molecule has 2 aromatic carbocycles.